The van der Waals surface area contributed by atoms with Crippen molar-refractivity contribution in [3.05, 3.63) is 60.3 Å². The summed E-state index contributed by atoms with van der Waals surface area (Å²) in [7, 11) is 0. The van der Waals surface area contributed by atoms with Gasteiger partial charge in [-0.25, -0.2) is 4.98 Å². The summed E-state index contributed by atoms with van der Waals surface area (Å²) in [4.78, 5) is 19.3. The fraction of sp³-hybridized carbons (Fsp3) is 0.478. The molecule has 1 amide bonds. The van der Waals surface area contributed by atoms with Crippen LogP contribution in [0.1, 0.15) is 24.8 Å². The maximum absolute atomic E-state index is 12.4. The predicted molar refractivity (Wildman–Crippen MR) is 108 cm³/mol. The van der Waals surface area contributed by atoms with Gasteiger partial charge in [0, 0.05) is 44.1 Å². The molecule has 28 heavy (non-hydrogen) atoms. The van der Waals surface area contributed by atoms with Crippen molar-refractivity contribution in [3.63, 3.8) is 0 Å². The van der Waals surface area contributed by atoms with Gasteiger partial charge in [-0.15, -0.1) is 0 Å². The summed E-state index contributed by atoms with van der Waals surface area (Å²) in [6, 6.07) is 16.3. The summed E-state index contributed by atoms with van der Waals surface area (Å²) in [6.45, 7) is 2.61. The van der Waals surface area contributed by atoms with Gasteiger partial charge in [0.15, 0.2) is 0 Å². The van der Waals surface area contributed by atoms with E-state index >= 15 is 0 Å². The number of carbonyl (C=O) groups excluding carboxylic acids is 1. The first-order valence-corrected chi connectivity index (χ1v) is 10.4. The molecule has 1 aromatic carbocycles. The fourth-order valence-corrected chi connectivity index (χ4v) is 5.40. The van der Waals surface area contributed by atoms with Gasteiger partial charge in [-0.1, -0.05) is 36.4 Å². The summed E-state index contributed by atoms with van der Waals surface area (Å²) < 4.78 is 6.49. The number of benzene rings is 1. The Hall–Kier alpha value is -2.40. The largest absolute Gasteiger partial charge is 0.369 e. The van der Waals surface area contributed by atoms with Crippen molar-refractivity contribution in [2.24, 2.45) is 11.8 Å². The molecule has 3 fully saturated rings. The van der Waals surface area contributed by atoms with Crippen LogP contribution in [0.3, 0.4) is 0 Å². The highest BCUT2D eigenvalue weighted by atomic mass is 16.5. The summed E-state index contributed by atoms with van der Waals surface area (Å²) in [5.41, 5.74) is 1.17. The molecule has 2 bridgehead atoms. The van der Waals surface area contributed by atoms with E-state index in [4.69, 9.17) is 4.74 Å². The zero-order valence-corrected chi connectivity index (χ0v) is 16.1. The van der Waals surface area contributed by atoms with Crippen molar-refractivity contribution in [2.45, 2.75) is 37.4 Å². The number of amides is 1. The molecule has 5 nitrogen and oxygen atoms in total. The third-order valence-corrected chi connectivity index (χ3v) is 6.78. The second-order valence-electron chi connectivity index (χ2n) is 8.39. The van der Waals surface area contributed by atoms with E-state index in [1.165, 1.54) is 5.56 Å². The number of anilines is 1. The normalized spacial score (nSPS) is 30.4. The van der Waals surface area contributed by atoms with Crippen molar-refractivity contribution >= 4 is 11.7 Å². The number of hydrogen-bond donors (Lipinski definition) is 1. The molecule has 2 aromatic rings. The molecule has 4 heterocycles. The first-order valence-electron chi connectivity index (χ1n) is 10.4. The molecule has 0 unspecified atom stereocenters. The predicted octanol–water partition coefficient (Wildman–Crippen LogP) is 2.81. The first kappa shape index (κ1) is 17.7. The lowest BCUT2D eigenvalue weighted by molar-refractivity contribution is -0.121. The minimum absolute atomic E-state index is 0.0401. The number of aromatic nitrogens is 1. The Balaban J connectivity index is 1.19. The van der Waals surface area contributed by atoms with Gasteiger partial charge in [0.1, 0.15) is 5.82 Å². The van der Waals surface area contributed by atoms with Gasteiger partial charge in [-0.3, -0.25) is 4.79 Å². The fourth-order valence-electron chi connectivity index (χ4n) is 5.40. The van der Waals surface area contributed by atoms with E-state index < -0.39 is 0 Å². The lowest BCUT2D eigenvalue weighted by Gasteiger charge is -2.29. The van der Waals surface area contributed by atoms with E-state index in [9.17, 15) is 4.79 Å². The van der Waals surface area contributed by atoms with Crippen LogP contribution < -0.4 is 10.2 Å². The Morgan fingerprint density at radius 2 is 2.07 bits per heavy atom. The molecule has 4 atom stereocenters. The van der Waals surface area contributed by atoms with Crippen LogP contribution in [0.2, 0.25) is 0 Å². The Labute approximate surface area is 166 Å². The topological polar surface area (TPSA) is 54.5 Å². The van der Waals surface area contributed by atoms with Crippen LogP contribution in [0.5, 0.6) is 0 Å². The molecule has 0 radical (unpaired) electrons. The summed E-state index contributed by atoms with van der Waals surface area (Å²) in [5, 5.41) is 3.19. The number of nitrogens with zero attached hydrogens (tertiary/aromatic N) is 2. The van der Waals surface area contributed by atoms with Crippen molar-refractivity contribution < 1.29 is 9.53 Å². The van der Waals surface area contributed by atoms with Gasteiger partial charge in [-0.2, -0.15) is 0 Å². The van der Waals surface area contributed by atoms with Gasteiger partial charge < -0.3 is 15.0 Å². The number of pyridine rings is 1. The Morgan fingerprint density at radius 1 is 1.21 bits per heavy atom. The lowest BCUT2D eigenvalue weighted by atomic mass is 9.73. The molecule has 1 spiro atoms. The van der Waals surface area contributed by atoms with Crippen LogP contribution in [-0.4, -0.2) is 42.2 Å². The smallest absolute Gasteiger partial charge is 0.220 e. The van der Waals surface area contributed by atoms with Crippen molar-refractivity contribution in [2.75, 3.05) is 24.5 Å². The van der Waals surface area contributed by atoms with E-state index in [-0.39, 0.29) is 11.5 Å². The highest BCUT2D eigenvalue weighted by molar-refractivity contribution is 5.76. The molecule has 0 aliphatic carbocycles. The van der Waals surface area contributed by atoms with Crippen molar-refractivity contribution in [1.82, 2.24) is 10.3 Å². The van der Waals surface area contributed by atoms with Crippen LogP contribution >= 0.6 is 0 Å². The Bertz CT molecular complexity index is 828. The van der Waals surface area contributed by atoms with Gasteiger partial charge in [0.05, 0.1) is 11.7 Å². The SMILES string of the molecule is O=C(CCc1ccccc1)NC[C@H]1[C@H]2CN(c3ccccn3)C[C@]23CC[C@H]1O3. The van der Waals surface area contributed by atoms with Crippen molar-refractivity contribution in [1.29, 1.82) is 0 Å². The van der Waals surface area contributed by atoms with Gasteiger partial charge in [-0.05, 0) is 37.0 Å². The monoisotopic (exact) mass is 377 g/mol. The zero-order valence-electron chi connectivity index (χ0n) is 16.1. The van der Waals surface area contributed by atoms with Gasteiger partial charge in [0.25, 0.3) is 0 Å². The molecule has 1 aromatic heterocycles. The van der Waals surface area contributed by atoms with Crippen LogP contribution in [0, 0.1) is 11.8 Å². The number of nitrogens with one attached hydrogen (secondary N) is 1. The van der Waals surface area contributed by atoms with Crippen molar-refractivity contribution in [3.8, 4) is 0 Å². The van der Waals surface area contributed by atoms with Crippen LogP contribution in [0.15, 0.2) is 54.7 Å². The molecule has 146 valence electrons. The van der Waals surface area contributed by atoms with E-state index in [2.05, 4.69) is 33.4 Å². The molecular weight excluding hydrogens is 350 g/mol. The molecule has 3 aliphatic rings. The number of aryl methyl sites for hydroxylation is 1. The van der Waals surface area contributed by atoms with E-state index in [0.29, 0.717) is 24.4 Å². The van der Waals surface area contributed by atoms with Crippen LogP contribution in [-0.2, 0) is 16.0 Å². The highest BCUT2D eigenvalue weighted by Crippen LogP contribution is 2.55. The second-order valence-corrected chi connectivity index (χ2v) is 8.39. The zero-order chi connectivity index (χ0) is 19.0. The van der Waals surface area contributed by atoms with E-state index in [1.54, 1.807) is 0 Å². The molecule has 0 saturated carbocycles. The number of ether oxygens (including phenoxy) is 1. The average Bonchev–Trinajstić information content (AvgIpc) is 3.41. The molecule has 5 heteroatoms. The molecule has 5 rings (SSSR count). The summed E-state index contributed by atoms with van der Waals surface area (Å²) in [6.07, 6.45) is 5.71. The number of carbonyl (C=O) groups is 1. The molecule has 1 N–H and O–H groups in total. The summed E-state index contributed by atoms with van der Waals surface area (Å²) >= 11 is 0. The summed E-state index contributed by atoms with van der Waals surface area (Å²) in [5.74, 6) is 2.05. The quantitative estimate of drug-likeness (QED) is 0.841. The second kappa shape index (κ2) is 7.21. The van der Waals surface area contributed by atoms with Gasteiger partial charge >= 0.3 is 0 Å². The maximum atomic E-state index is 12.4. The lowest BCUT2D eigenvalue weighted by Crippen LogP contribution is -2.41. The van der Waals surface area contributed by atoms with E-state index in [0.717, 1.165) is 44.7 Å². The molecule has 3 aliphatic heterocycles. The Morgan fingerprint density at radius 3 is 2.89 bits per heavy atom. The average molecular weight is 377 g/mol. The van der Waals surface area contributed by atoms with Crippen LogP contribution in [0.4, 0.5) is 5.82 Å². The standard InChI is InChI=1S/C23H27N3O2/c27-22(10-9-17-6-2-1-3-7-17)25-14-18-19-15-26(21-8-4-5-13-24-21)16-23(19)12-11-20(18)28-23/h1-8,13,18-20H,9-12,14-16H2,(H,25,27)/t18-,19+,20+,23+/m0/s1. The minimum Gasteiger partial charge on any atom is -0.369 e. The number of hydrogen-bond acceptors (Lipinski definition) is 4. The highest BCUT2D eigenvalue weighted by Gasteiger charge is 2.63. The van der Waals surface area contributed by atoms with Crippen LogP contribution in [0.25, 0.3) is 0 Å². The number of fused-ring (bicyclic) bond motifs is 1. The molecule has 3 saturated heterocycles. The first-order chi connectivity index (χ1) is 13.7. The van der Waals surface area contributed by atoms with E-state index in [1.807, 2.05) is 36.5 Å². The number of rotatable bonds is 6. The molecular formula is C23H27N3O2. The third kappa shape index (κ3) is 3.18. The Kier molecular flexibility index (Phi) is 4.55. The van der Waals surface area contributed by atoms with Gasteiger partial charge in [0.2, 0.25) is 5.91 Å². The minimum atomic E-state index is -0.0401. The maximum Gasteiger partial charge on any atom is 0.220 e. The third-order valence-electron chi connectivity index (χ3n) is 6.78.